The highest BCUT2D eigenvalue weighted by Crippen LogP contribution is 2.36. The maximum atomic E-state index is 13.4. The summed E-state index contributed by atoms with van der Waals surface area (Å²) in [6.07, 6.45) is 6.72. The first-order chi connectivity index (χ1) is 13.2. The van der Waals surface area contributed by atoms with E-state index in [1.165, 1.54) is 10.4 Å². The maximum Gasteiger partial charge on any atom is 0.263 e. The van der Waals surface area contributed by atoms with Crippen LogP contribution in [0.25, 0.3) is 10.2 Å². The van der Waals surface area contributed by atoms with E-state index in [0.717, 1.165) is 66.3 Å². The van der Waals surface area contributed by atoms with Crippen LogP contribution < -0.4 is 5.56 Å². The molecule has 0 bridgehead atoms. The first-order valence-electron chi connectivity index (χ1n) is 9.83. The third-order valence-corrected chi connectivity index (χ3v) is 7.67. The van der Waals surface area contributed by atoms with Crippen LogP contribution in [-0.2, 0) is 24.1 Å². The summed E-state index contributed by atoms with van der Waals surface area (Å²) in [6, 6.07) is 2.19. The molecule has 7 heteroatoms. The minimum absolute atomic E-state index is 0.102. The minimum Gasteiger partial charge on any atom is -0.376 e. The number of nitrogens with zero attached hydrogens (tertiary/aromatic N) is 3. The zero-order chi connectivity index (χ0) is 18.8. The Bertz CT molecular complexity index is 922. The number of rotatable bonds is 6. The molecule has 2 atom stereocenters. The van der Waals surface area contributed by atoms with Gasteiger partial charge in [-0.15, -0.1) is 11.3 Å². The molecule has 2 aliphatic rings. The summed E-state index contributed by atoms with van der Waals surface area (Å²) in [6.45, 7) is 3.65. The quantitative estimate of drug-likeness (QED) is 0.412. The number of aromatic nitrogens is 2. The predicted octanol–water partition coefficient (Wildman–Crippen LogP) is 4.16. The lowest BCUT2D eigenvalue weighted by Gasteiger charge is -2.18. The second kappa shape index (κ2) is 8.34. The Hall–Kier alpha value is -1.36. The van der Waals surface area contributed by atoms with E-state index in [9.17, 15) is 4.79 Å². The van der Waals surface area contributed by atoms with E-state index in [2.05, 4.69) is 13.0 Å². The van der Waals surface area contributed by atoms with Gasteiger partial charge < -0.3 is 4.74 Å². The zero-order valence-electron chi connectivity index (χ0n) is 15.7. The summed E-state index contributed by atoms with van der Waals surface area (Å²) in [4.78, 5) is 20.6. The Morgan fingerprint density at radius 1 is 1.44 bits per heavy atom. The lowest BCUT2D eigenvalue weighted by Crippen LogP contribution is -2.29. The summed E-state index contributed by atoms with van der Waals surface area (Å²) in [5.74, 6) is 1.48. The first-order valence-corrected chi connectivity index (χ1v) is 11.6. The molecule has 2 aromatic heterocycles. The van der Waals surface area contributed by atoms with Gasteiger partial charge in [0.15, 0.2) is 5.16 Å². The van der Waals surface area contributed by atoms with Gasteiger partial charge in [0.2, 0.25) is 0 Å². The van der Waals surface area contributed by atoms with E-state index >= 15 is 0 Å². The second-order valence-electron chi connectivity index (χ2n) is 7.59. The number of aryl methyl sites for hydroxylation is 1. The van der Waals surface area contributed by atoms with Gasteiger partial charge in [-0.3, -0.25) is 9.36 Å². The van der Waals surface area contributed by atoms with Crippen LogP contribution in [0.1, 0.15) is 49.5 Å². The molecule has 1 fully saturated rings. The summed E-state index contributed by atoms with van der Waals surface area (Å²) in [5, 5.41) is 10.4. The fraction of sp³-hybridized carbons (Fsp3) is 0.650. The molecule has 0 N–H and O–H groups in total. The summed E-state index contributed by atoms with van der Waals surface area (Å²) >= 11 is 3.30. The largest absolute Gasteiger partial charge is 0.376 e. The number of unbranched alkanes of at least 4 members (excludes halogenated alkanes) is 1. The number of thiophene rings is 1. The number of hydrogen-bond donors (Lipinski definition) is 0. The smallest absolute Gasteiger partial charge is 0.263 e. The molecular weight excluding hydrogens is 378 g/mol. The molecule has 5 nitrogen and oxygen atoms in total. The van der Waals surface area contributed by atoms with E-state index in [1.54, 1.807) is 23.1 Å². The van der Waals surface area contributed by atoms with Crippen molar-refractivity contribution in [1.29, 1.82) is 5.26 Å². The molecule has 0 amide bonds. The van der Waals surface area contributed by atoms with Crippen molar-refractivity contribution in [2.45, 2.75) is 69.7 Å². The van der Waals surface area contributed by atoms with E-state index < -0.39 is 0 Å². The molecular formula is C20H25N3O2S2. The van der Waals surface area contributed by atoms with Crippen molar-refractivity contribution in [3.05, 3.63) is 20.8 Å². The fourth-order valence-electron chi connectivity index (χ4n) is 3.98. The van der Waals surface area contributed by atoms with Crippen LogP contribution in [0.3, 0.4) is 0 Å². The lowest BCUT2D eigenvalue weighted by molar-refractivity contribution is 0.0937. The van der Waals surface area contributed by atoms with Crippen LogP contribution in [0.15, 0.2) is 9.95 Å². The average Bonchev–Trinajstić information content (AvgIpc) is 3.28. The zero-order valence-corrected chi connectivity index (χ0v) is 17.3. The molecule has 27 heavy (non-hydrogen) atoms. The van der Waals surface area contributed by atoms with Gasteiger partial charge in [0.25, 0.3) is 5.56 Å². The Morgan fingerprint density at radius 2 is 2.33 bits per heavy atom. The number of fused-ring (bicyclic) bond motifs is 3. The van der Waals surface area contributed by atoms with Crippen LogP contribution >= 0.6 is 23.1 Å². The topological polar surface area (TPSA) is 67.9 Å². The highest BCUT2D eigenvalue weighted by molar-refractivity contribution is 7.99. The molecule has 0 aromatic carbocycles. The van der Waals surface area contributed by atoms with E-state index in [0.29, 0.717) is 18.9 Å². The SMILES string of the molecule is C[C@@H]1CCc2c(sc3nc(SCCCC#N)n(C[C@@H]4CCCO4)c(=O)c23)C1. The van der Waals surface area contributed by atoms with Crippen LogP contribution in [0, 0.1) is 17.2 Å². The third kappa shape index (κ3) is 3.94. The lowest BCUT2D eigenvalue weighted by atomic mass is 9.89. The highest BCUT2D eigenvalue weighted by Gasteiger charge is 2.26. The third-order valence-electron chi connectivity index (χ3n) is 5.45. The summed E-state index contributed by atoms with van der Waals surface area (Å²) in [7, 11) is 0. The van der Waals surface area contributed by atoms with Gasteiger partial charge in [-0.25, -0.2) is 4.98 Å². The van der Waals surface area contributed by atoms with Crippen molar-refractivity contribution in [2.24, 2.45) is 5.92 Å². The number of hydrogen-bond acceptors (Lipinski definition) is 6. The van der Waals surface area contributed by atoms with Gasteiger partial charge in [-0.1, -0.05) is 18.7 Å². The van der Waals surface area contributed by atoms with E-state index in [1.807, 2.05) is 4.57 Å². The number of ether oxygens (including phenoxy) is 1. The molecule has 1 saturated heterocycles. The molecule has 144 valence electrons. The van der Waals surface area contributed by atoms with E-state index in [-0.39, 0.29) is 11.7 Å². The number of nitriles is 1. The van der Waals surface area contributed by atoms with E-state index in [4.69, 9.17) is 15.0 Å². The first kappa shape index (κ1) is 19.0. The van der Waals surface area contributed by atoms with Crippen molar-refractivity contribution >= 4 is 33.3 Å². The Kier molecular flexibility index (Phi) is 5.86. The van der Waals surface area contributed by atoms with Crippen molar-refractivity contribution in [3.63, 3.8) is 0 Å². The van der Waals surface area contributed by atoms with Gasteiger partial charge in [0.1, 0.15) is 4.83 Å². The second-order valence-corrected chi connectivity index (χ2v) is 9.73. The average molecular weight is 404 g/mol. The maximum absolute atomic E-state index is 13.4. The summed E-state index contributed by atoms with van der Waals surface area (Å²) in [5.41, 5.74) is 1.35. The normalized spacial score (nSPS) is 22.1. The summed E-state index contributed by atoms with van der Waals surface area (Å²) < 4.78 is 7.64. The van der Waals surface area contributed by atoms with Gasteiger partial charge in [-0.05, 0) is 50.0 Å². The van der Waals surface area contributed by atoms with Crippen molar-refractivity contribution in [1.82, 2.24) is 9.55 Å². The molecule has 0 spiro atoms. The Balaban J connectivity index is 1.74. The van der Waals surface area contributed by atoms with Gasteiger partial charge >= 0.3 is 0 Å². The predicted molar refractivity (Wildman–Crippen MR) is 110 cm³/mol. The fourth-order valence-corrected chi connectivity index (χ4v) is 6.35. The monoisotopic (exact) mass is 403 g/mol. The standard InChI is InChI=1S/C20H25N3O2S2/c1-13-6-7-15-16(11-13)27-18-17(15)19(24)23(12-14-5-4-9-25-14)20(22-18)26-10-3-2-8-21/h13-14H,2-7,9-12H2,1H3/t13-,14+/m1/s1. The number of thioether (sulfide) groups is 1. The molecule has 1 aliphatic carbocycles. The van der Waals surface area contributed by atoms with Crippen molar-refractivity contribution < 1.29 is 4.74 Å². The Labute approximate surface area is 167 Å². The molecule has 3 heterocycles. The van der Waals surface area contributed by atoms with Crippen LogP contribution in [0.5, 0.6) is 0 Å². The molecule has 0 unspecified atom stereocenters. The van der Waals surface area contributed by atoms with Gasteiger partial charge in [0.05, 0.1) is 24.1 Å². The van der Waals surface area contributed by atoms with Crippen molar-refractivity contribution in [3.8, 4) is 6.07 Å². The highest BCUT2D eigenvalue weighted by atomic mass is 32.2. The van der Waals surface area contributed by atoms with Gasteiger partial charge in [-0.2, -0.15) is 5.26 Å². The van der Waals surface area contributed by atoms with Crippen molar-refractivity contribution in [2.75, 3.05) is 12.4 Å². The molecule has 4 rings (SSSR count). The molecule has 2 aromatic rings. The van der Waals surface area contributed by atoms with Crippen LogP contribution in [0.2, 0.25) is 0 Å². The molecule has 1 aliphatic heterocycles. The molecule has 0 radical (unpaired) electrons. The van der Waals surface area contributed by atoms with Crippen LogP contribution in [0.4, 0.5) is 0 Å². The Morgan fingerprint density at radius 3 is 3.11 bits per heavy atom. The van der Waals surface area contributed by atoms with Crippen LogP contribution in [-0.4, -0.2) is 28.0 Å². The minimum atomic E-state index is 0.102. The molecule has 0 saturated carbocycles. The van der Waals surface area contributed by atoms with Gasteiger partial charge in [0, 0.05) is 23.7 Å².